The predicted molar refractivity (Wildman–Crippen MR) is 45.4 cm³/mol. The van der Waals surface area contributed by atoms with Crippen LogP contribution in [0.15, 0.2) is 6.20 Å². The number of aryl methyl sites for hydroxylation is 2. The molecule has 1 aromatic heterocycles. The van der Waals surface area contributed by atoms with E-state index in [2.05, 4.69) is 35.5 Å². The lowest BCUT2D eigenvalue weighted by Crippen LogP contribution is -2.18. The Balaban J connectivity index is 2.83. The summed E-state index contributed by atoms with van der Waals surface area (Å²) < 4.78 is 2.18. The van der Waals surface area contributed by atoms with Crippen LogP contribution in [0.4, 0.5) is 0 Å². The Hall–Kier alpha value is -0.830. The fourth-order valence-corrected chi connectivity index (χ4v) is 1.08. The number of imidazole rings is 1. The van der Waals surface area contributed by atoms with Crippen molar-refractivity contribution in [3.63, 3.8) is 0 Å². The van der Waals surface area contributed by atoms with E-state index in [1.807, 2.05) is 13.1 Å². The van der Waals surface area contributed by atoms with E-state index in [9.17, 15) is 0 Å². The Morgan fingerprint density at radius 3 is 2.45 bits per heavy atom. The van der Waals surface area contributed by atoms with Gasteiger partial charge < -0.3 is 4.57 Å². The molecule has 1 heterocycles. The molecule has 0 atom stereocenters. The molecular formula is C8H15N3. The summed E-state index contributed by atoms with van der Waals surface area (Å²) in [5.74, 6) is 1.08. The Labute approximate surface area is 67.7 Å². The minimum absolute atomic E-state index is 0.914. The summed E-state index contributed by atoms with van der Waals surface area (Å²) in [6.45, 7) is 5.01. The minimum atomic E-state index is 0.914. The van der Waals surface area contributed by atoms with Crippen molar-refractivity contribution >= 4 is 0 Å². The first-order valence-corrected chi connectivity index (χ1v) is 3.74. The molecule has 3 nitrogen and oxygen atoms in total. The van der Waals surface area contributed by atoms with Gasteiger partial charge in [-0.3, -0.25) is 4.90 Å². The monoisotopic (exact) mass is 153 g/mol. The van der Waals surface area contributed by atoms with Crippen LogP contribution in [-0.2, 0) is 6.67 Å². The van der Waals surface area contributed by atoms with Gasteiger partial charge in [0.1, 0.15) is 5.82 Å². The average molecular weight is 153 g/mol. The maximum atomic E-state index is 4.21. The van der Waals surface area contributed by atoms with Crippen molar-refractivity contribution < 1.29 is 0 Å². The lowest BCUT2D eigenvalue weighted by Gasteiger charge is -2.13. The van der Waals surface area contributed by atoms with Crippen LogP contribution in [0.1, 0.15) is 11.5 Å². The second kappa shape index (κ2) is 3.05. The molecule has 0 N–H and O–H groups in total. The molecular weight excluding hydrogens is 138 g/mol. The van der Waals surface area contributed by atoms with E-state index in [4.69, 9.17) is 0 Å². The van der Waals surface area contributed by atoms with Gasteiger partial charge in [-0.05, 0) is 27.9 Å². The lowest BCUT2D eigenvalue weighted by molar-refractivity contribution is 0.319. The van der Waals surface area contributed by atoms with E-state index in [0.29, 0.717) is 0 Å². The van der Waals surface area contributed by atoms with Crippen molar-refractivity contribution in [3.05, 3.63) is 17.7 Å². The maximum absolute atomic E-state index is 4.21. The van der Waals surface area contributed by atoms with Gasteiger partial charge in [-0.2, -0.15) is 0 Å². The molecule has 0 aliphatic heterocycles. The average Bonchev–Trinajstić information content (AvgIpc) is 2.18. The van der Waals surface area contributed by atoms with Gasteiger partial charge in [0.05, 0.1) is 6.67 Å². The van der Waals surface area contributed by atoms with Crippen molar-refractivity contribution in [3.8, 4) is 0 Å². The zero-order valence-electron chi connectivity index (χ0n) is 7.63. The molecule has 11 heavy (non-hydrogen) atoms. The molecule has 0 unspecified atom stereocenters. The summed E-state index contributed by atoms with van der Waals surface area (Å²) in [5.41, 5.74) is 1.22. The van der Waals surface area contributed by atoms with Crippen molar-refractivity contribution in [2.75, 3.05) is 14.1 Å². The lowest BCUT2D eigenvalue weighted by atomic mass is 10.5. The Bertz CT molecular complexity index is 218. The highest BCUT2D eigenvalue weighted by Crippen LogP contribution is 2.02. The minimum Gasteiger partial charge on any atom is -0.319 e. The van der Waals surface area contributed by atoms with Gasteiger partial charge >= 0.3 is 0 Å². The van der Waals surface area contributed by atoms with Crippen LogP contribution in [0, 0.1) is 13.8 Å². The van der Waals surface area contributed by atoms with Gasteiger partial charge in [-0.1, -0.05) is 0 Å². The quantitative estimate of drug-likeness (QED) is 0.632. The fourth-order valence-electron chi connectivity index (χ4n) is 1.08. The summed E-state index contributed by atoms with van der Waals surface area (Å²) in [4.78, 5) is 6.33. The van der Waals surface area contributed by atoms with Gasteiger partial charge in [0, 0.05) is 11.9 Å². The standard InChI is InChI=1S/C8H15N3/c1-7-5-9-8(2)11(7)6-10(3)4/h5H,6H2,1-4H3. The molecule has 3 heteroatoms. The van der Waals surface area contributed by atoms with Gasteiger partial charge in [0.25, 0.3) is 0 Å². The number of hydrogen-bond acceptors (Lipinski definition) is 2. The van der Waals surface area contributed by atoms with Crippen molar-refractivity contribution in [2.45, 2.75) is 20.5 Å². The molecule has 0 aliphatic carbocycles. The zero-order chi connectivity index (χ0) is 8.43. The van der Waals surface area contributed by atoms with Gasteiger partial charge in [-0.15, -0.1) is 0 Å². The van der Waals surface area contributed by atoms with Crippen molar-refractivity contribution in [2.24, 2.45) is 0 Å². The molecule has 0 saturated carbocycles. The van der Waals surface area contributed by atoms with Crippen LogP contribution in [0.5, 0.6) is 0 Å². The summed E-state index contributed by atoms with van der Waals surface area (Å²) in [5, 5.41) is 0. The number of rotatable bonds is 2. The van der Waals surface area contributed by atoms with E-state index in [0.717, 1.165) is 12.5 Å². The highest BCUT2D eigenvalue weighted by molar-refractivity contribution is 5.01. The smallest absolute Gasteiger partial charge is 0.106 e. The van der Waals surface area contributed by atoms with E-state index in [-0.39, 0.29) is 0 Å². The molecule has 62 valence electrons. The number of aromatic nitrogens is 2. The molecule has 1 rings (SSSR count). The van der Waals surface area contributed by atoms with Crippen LogP contribution in [0.25, 0.3) is 0 Å². The van der Waals surface area contributed by atoms with Gasteiger partial charge in [-0.25, -0.2) is 4.98 Å². The third-order valence-electron chi connectivity index (χ3n) is 1.68. The second-order valence-corrected chi connectivity index (χ2v) is 3.10. The Morgan fingerprint density at radius 1 is 1.45 bits per heavy atom. The fraction of sp³-hybridized carbons (Fsp3) is 0.625. The van der Waals surface area contributed by atoms with Crippen LogP contribution >= 0.6 is 0 Å². The third-order valence-corrected chi connectivity index (χ3v) is 1.68. The third kappa shape index (κ3) is 1.80. The second-order valence-electron chi connectivity index (χ2n) is 3.10. The molecule has 0 bridgehead atoms. The highest BCUT2D eigenvalue weighted by Gasteiger charge is 2.01. The number of nitrogens with zero attached hydrogens (tertiary/aromatic N) is 3. The van der Waals surface area contributed by atoms with Crippen LogP contribution in [0.2, 0.25) is 0 Å². The summed E-state index contributed by atoms with van der Waals surface area (Å²) in [7, 11) is 4.11. The SMILES string of the molecule is Cc1cnc(C)n1CN(C)C. The van der Waals surface area contributed by atoms with Crippen LogP contribution in [0.3, 0.4) is 0 Å². The van der Waals surface area contributed by atoms with Crippen LogP contribution < -0.4 is 0 Å². The zero-order valence-corrected chi connectivity index (χ0v) is 7.63. The van der Waals surface area contributed by atoms with E-state index < -0.39 is 0 Å². The maximum Gasteiger partial charge on any atom is 0.106 e. The number of hydrogen-bond donors (Lipinski definition) is 0. The first-order valence-electron chi connectivity index (χ1n) is 3.74. The summed E-state index contributed by atoms with van der Waals surface area (Å²) in [6, 6.07) is 0. The van der Waals surface area contributed by atoms with Gasteiger partial charge in [0.2, 0.25) is 0 Å². The largest absolute Gasteiger partial charge is 0.319 e. The summed E-state index contributed by atoms with van der Waals surface area (Å²) >= 11 is 0. The first-order chi connectivity index (χ1) is 5.11. The molecule has 0 spiro atoms. The summed E-state index contributed by atoms with van der Waals surface area (Å²) in [6.07, 6.45) is 1.90. The molecule has 0 radical (unpaired) electrons. The first kappa shape index (κ1) is 8.27. The van der Waals surface area contributed by atoms with Crippen LogP contribution in [-0.4, -0.2) is 28.5 Å². The van der Waals surface area contributed by atoms with E-state index >= 15 is 0 Å². The Kier molecular flexibility index (Phi) is 2.29. The normalized spacial score (nSPS) is 11.0. The predicted octanol–water partition coefficient (Wildman–Crippen LogP) is 1.02. The Morgan fingerprint density at radius 2 is 2.09 bits per heavy atom. The molecule has 0 saturated heterocycles. The molecule has 1 aromatic rings. The molecule has 0 fully saturated rings. The van der Waals surface area contributed by atoms with E-state index in [1.54, 1.807) is 0 Å². The van der Waals surface area contributed by atoms with E-state index in [1.165, 1.54) is 5.69 Å². The van der Waals surface area contributed by atoms with Crippen molar-refractivity contribution in [1.29, 1.82) is 0 Å². The van der Waals surface area contributed by atoms with Gasteiger partial charge in [0.15, 0.2) is 0 Å². The molecule has 0 amide bonds. The molecule has 0 aromatic carbocycles. The molecule has 0 aliphatic rings. The highest BCUT2D eigenvalue weighted by atomic mass is 15.2. The topological polar surface area (TPSA) is 21.1 Å². The van der Waals surface area contributed by atoms with Crippen molar-refractivity contribution in [1.82, 2.24) is 14.5 Å².